The van der Waals surface area contributed by atoms with Crippen molar-refractivity contribution in [3.8, 4) is 0 Å². The first-order valence-corrected chi connectivity index (χ1v) is 5.13. The van der Waals surface area contributed by atoms with Gasteiger partial charge in [-0.25, -0.2) is 0 Å². The van der Waals surface area contributed by atoms with Gasteiger partial charge in [-0.05, 0) is 19.8 Å². The van der Waals surface area contributed by atoms with Gasteiger partial charge in [0.15, 0.2) is 0 Å². The Morgan fingerprint density at radius 1 is 1.67 bits per heavy atom. The number of carboxylic acids is 1. The highest BCUT2D eigenvalue weighted by Crippen LogP contribution is 2.25. The van der Waals surface area contributed by atoms with Crippen molar-refractivity contribution in [2.75, 3.05) is 13.2 Å². The molecule has 0 amide bonds. The molecule has 2 unspecified atom stereocenters. The van der Waals surface area contributed by atoms with Crippen LogP contribution in [-0.2, 0) is 19.1 Å². The van der Waals surface area contributed by atoms with E-state index in [0.717, 1.165) is 0 Å². The van der Waals surface area contributed by atoms with Crippen LogP contribution in [0.15, 0.2) is 0 Å². The van der Waals surface area contributed by atoms with E-state index in [9.17, 15) is 9.59 Å². The molecule has 5 nitrogen and oxygen atoms in total. The predicted octanol–water partition coefficient (Wildman–Crippen LogP) is 0.819. The van der Waals surface area contributed by atoms with E-state index >= 15 is 0 Å². The fourth-order valence-electron chi connectivity index (χ4n) is 1.61. The molecule has 2 atom stereocenters. The molecular formula is C10H16O5. The molecule has 1 saturated heterocycles. The summed E-state index contributed by atoms with van der Waals surface area (Å²) >= 11 is 0. The molecule has 0 aromatic heterocycles. The zero-order chi connectivity index (χ0) is 11.3. The fraction of sp³-hybridized carbons (Fsp3) is 0.800. The predicted molar refractivity (Wildman–Crippen MR) is 51.3 cm³/mol. The Morgan fingerprint density at radius 3 is 3.00 bits per heavy atom. The second-order valence-corrected chi connectivity index (χ2v) is 3.58. The van der Waals surface area contributed by atoms with Gasteiger partial charge in [0.1, 0.15) is 6.10 Å². The summed E-state index contributed by atoms with van der Waals surface area (Å²) in [6.45, 7) is 2.87. The Balaban J connectivity index is 2.29. The van der Waals surface area contributed by atoms with Gasteiger partial charge in [0.25, 0.3) is 0 Å². The quantitative estimate of drug-likeness (QED) is 0.665. The molecule has 0 radical (unpaired) electrons. The molecule has 0 aliphatic carbocycles. The normalized spacial score (nSPS) is 25.3. The van der Waals surface area contributed by atoms with E-state index in [-0.39, 0.29) is 24.4 Å². The first-order chi connectivity index (χ1) is 7.13. The fourth-order valence-corrected chi connectivity index (χ4v) is 1.61. The van der Waals surface area contributed by atoms with Crippen LogP contribution in [0.2, 0.25) is 0 Å². The van der Waals surface area contributed by atoms with Gasteiger partial charge in [0.2, 0.25) is 0 Å². The Labute approximate surface area is 88.4 Å². The van der Waals surface area contributed by atoms with Crippen LogP contribution in [-0.4, -0.2) is 36.4 Å². The van der Waals surface area contributed by atoms with Crippen molar-refractivity contribution in [1.82, 2.24) is 0 Å². The van der Waals surface area contributed by atoms with Crippen LogP contribution in [0.3, 0.4) is 0 Å². The van der Waals surface area contributed by atoms with E-state index in [1.165, 1.54) is 0 Å². The maximum Gasteiger partial charge on any atom is 0.309 e. The number of rotatable bonds is 6. The number of cyclic esters (lactones) is 1. The third kappa shape index (κ3) is 3.87. The minimum absolute atomic E-state index is 0.0150. The number of hydrogen-bond donors (Lipinski definition) is 1. The zero-order valence-electron chi connectivity index (χ0n) is 8.77. The van der Waals surface area contributed by atoms with Gasteiger partial charge in [-0.2, -0.15) is 0 Å². The molecule has 0 bridgehead atoms. The molecule has 0 aromatic rings. The first kappa shape index (κ1) is 12.0. The van der Waals surface area contributed by atoms with E-state index in [0.29, 0.717) is 26.1 Å². The van der Waals surface area contributed by atoms with Gasteiger partial charge < -0.3 is 14.6 Å². The van der Waals surface area contributed by atoms with Crippen molar-refractivity contribution in [2.24, 2.45) is 5.92 Å². The molecule has 15 heavy (non-hydrogen) atoms. The van der Waals surface area contributed by atoms with Gasteiger partial charge >= 0.3 is 11.9 Å². The third-order valence-electron chi connectivity index (χ3n) is 2.38. The lowest BCUT2D eigenvalue weighted by molar-refractivity contribution is -0.146. The second-order valence-electron chi connectivity index (χ2n) is 3.58. The summed E-state index contributed by atoms with van der Waals surface area (Å²) in [6, 6.07) is 0. The van der Waals surface area contributed by atoms with Crippen molar-refractivity contribution < 1.29 is 24.2 Å². The molecule has 5 heteroatoms. The number of carbonyl (C=O) groups is 2. The summed E-state index contributed by atoms with van der Waals surface area (Å²) in [4.78, 5) is 21.6. The Kier molecular flexibility index (Phi) is 4.55. The maximum atomic E-state index is 11.3. The van der Waals surface area contributed by atoms with E-state index in [4.69, 9.17) is 14.6 Å². The minimum Gasteiger partial charge on any atom is -0.481 e. The number of hydrogen-bond acceptors (Lipinski definition) is 4. The van der Waals surface area contributed by atoms with Crippen LogP contribution < -0.4 is 0 Å². The van der Waals surface area contributed by atoms with Crippen LogP contribution in [0.5, 0.6) is 0 Å². The monoisotopic (exact) mass is 216 g/mol. The third-order valence-corrected chi connectivity index (χ3v) is 2.38. The van der Waals surface area contributed by atoms with Crippen LogP contribution >= 0.6 is 0 Å². The van der Waals surface area contributed by atoms with E-state index in [1.807, 2.05) is 6.92 Å². The molecule has 0 aromatic carbocycles. The van der Waals surface area contributed by atoms with E-state index < -0.39 is 5.97 Å². The van der Waals surface area contributed by atoms with Crippen LogP contribution in [0.25, 0.3) is 0 Å². The number of esters is 1. The Hall–Kier alpha value is -1.10. The molecular weight excluding hydrogens is 200 g/mol. The maximum absolute atomic E-state index is 11.3. The van der Waals surface area contributed by atoms with Crippen LogP contribution in [0.1, 0.15) is 26.2 Å². The summed E-state index contributed by atoms with van der Waals surface area (Å²) in [6.07, 6.45) is 0.751. The van der Waals surface area contributed by atoms with Crippen LogP contribution in [0, 0.1) is 5.92 Å². The molecule has 1 N–H and O–H groups in total. The number of aliphatic carboxylic acids is 1. The van der Waals surface area contributed by atoms with E-state index in [1.54, 1.807) is 0 Å². The molecule has 0 saturated carbocycles. The van der Waals surface area contributed by atoms with Crippen molar-refractivity contribution in [3.63, 3.8) is 0 Å². The van der Waals surface area contributed by atoms with Crippen molar-refractivity contribution >= 4 is 11.9 Å². The Morgan fingerprint density at radius 2 is 2.40 bits per heavy atom. The minimum atomic E-state index is -0.879. The lowest BCUT2D eigenvalue weighted by atomic mass is 9.99. The summed E-state index contributed by atoms with van der Waals surface area (Å²) < 4.78 is 10.2. The number of carboxylic acid groups (broad SMARTS) is 1. The smallest absolute Gasteiger partial charge is 0.309 e. The van der Waals surface area contributed by atoms with Crippen LogP contribution in [0.4, 0.5) is 0 Å². The lowest BCUT2D eigenvalue weighted by Gasteiger charge is -2.07. The summed E-state index contributed by atoms with van der Waals surface area (Å²) in [5.41, 5.74) is 0. The van der Waals surface area contributed by atoms with Gasteiger partial charge in [0, 0.05) is 13.0 Å². The average Bonchev–Trinajstić information content (AvgIpc) is 2.53. The molecule has 1 heterocycles. The van der Waals surface area contributed by atoms with Crippen molar-refractivity contribution in [3.05, 3.63) is 0 Å². The summed E-state index contributed by atoms with van der Waals surface area (Å²) in [5, 5.41) is 8.49. The first-order valence-electron chi connectivity index (χ1n) is 5.13. The number of carbonyl (C=O) groups excluding carboxylic acids is 1. The van der Waals surface area contributed by atoms with Crippen molar-refractivity contribution in [2.45, 2.75) is 32.3 Å². The topological polar surface area (TPSA) is 72.8 Å². The molecule has 1 aliphatic rings. The number of ether oxygens (including phenoxy) is 2. The van der Waals surface area contributed by atoms with Gasteiger partial charge in [-0.1, -0.05) is 0 Å². The molecule has 1 rings (SSSR count). The van der Waals surface area contributed by atoms with E-state index in [2.05, 4.69) is 0 Å². The largest absolute Gasteiger partial charge is 0.481 e. The highest BCUT2D eigenvalue weighted by atomic mass is 16.6. The SMILES string of the molecule is CCOCC1CC(CCC(=O)O)C(=O)O1. The molecule has 1 fully saturated rings. The molecule has 1 aliphatic heterocycles. The summed E-state index contributed by atoms with van der Waals surface area (Å²) in [7, 11) is 0. The summed E-state index contributed by atoms with van der Waals surface area (Å²) in [5.74, 6) is -1.44. The lowest BCUT2D eigenvalue weighted by Crippen LogP contribution is -2.14. The second kappa shape index (κ2) is 5.70. The molecule has 86 valence electrons. The standard InChI is InChI=1S/C10H16O5/c1-2-14-6-8-5-7(10(13)15-8)3-4-9(11)12/h7-8H,2-6H2,1H3,(H,11,12). The van der Waals surface area contributed by atoms with Crippen molar-refractivity contribution in [1.29, 1.82) is 0 Å². The highest BCUT2D eigenvalue weighted by molar-refractivity contribution is 5.75. The highest BCUT2D eigenvalue weighted by Gasteiger charge is 2.34. The van der Waals surface area contributed by atoms with Gasteiger partial charge in [-0.15, -0.1) is 0 Å². The van der Waals surface area contributed by atoms with Gasteiger partial charge in [-0.3, -0.25) is 9.59 Å². The zero-order valence-corrected chi connectivity index (χ0v) is 8.77. The Bertz CT molecular complexity index is 238. The van der Waals surface area contributed by atoms with Gasteiger partial charge in [0.05, 0.1) is 12.5 Å². The molecule has 0 spiro atoms. The average molecular weight is 216 g/mol.